The summed E-state index contributed by atoms with van der Waals surface area (Å²) in [6.07, 6.45) is 3.35. The van der Waals surface area contributed by atoms with Crippen LogP contribution in [0.15, 0.2) is 36.0 Å². The van der Waals surface area contributed by atoms with E-state index in [1.54, 1.807) is 0 Å². The number of thiocarbonyl (C=S) groups is 1. The fourth-order valence-corrected chi connectivity index (χ4v) is 2.60. The number of nitrogens with one attached hydrogen (secondary N) is 3. The molecule has 4 nitrogen and oxygen atoms in total. The molecule has 2 rings (SSSR count). The standard InChI is InChI=1S/C15H21ClN4S/c1-2-17-15(21)19-18-10-14-4-3-9-20(14)11-12-5-7-13(16)8-6-12/h4-8,18H,2-3,9-11H2,1H3,(H2,17,19,21). The van der Waals surface area contributed by atoms with Gasteiger partial charge in [0, 0.05) is 30.4 Å². The molecular weight excluding hydrogens is 304 g/mol. The summed E-state index contributed by atoms with van der Waals surface area (Å²) < 4.78 is 0. The minimum Gasteiger partial charge on any atom is -0.369 e. The van der Waals surface area contributed by atoms with Crippen molar-refractivity contribution in [2.24, 2.45) is 0 Å². The summed E-state index contributed by atoms with van der Waals surface area (Å²) in [5.74, 6) is 0. The molecule has 0 saturated heterocycles. The predicted molar refractivity (Wildman–Crippen MR) is 92.0 cm³/mol. The first-order valence-electron chi connectivity index (χ1n) is 7.14. The van der Waals surface area contributed by atoms with Crippen molar-refractivity contribution in [3.05, 3.63) is 46.6 Å². The molecule has 0 bridgehead atoms. The Morgan fingerprint density at radius 1 is 1.33 bits per heavy atom. The van der Waals surface area contributed by atoms with E-state index in [1.165, 1.54) is 11.3 Å². The molecule has 1 aliphatic rings. The van der Waals surface area contributed by atoms with Crippen LogP contribution in [0.5, 0.6) is 0 Å². The molecule has 3 N–H and O–H groups in total. The van der Waals surface area contributed by atoms with E-state index in [0.29, 0.717) is 5.11 Å². The number of hydrogen-bond acceptors (Lipinski definition) is 3. The molecule has 0 amide bonds. The smallest absolute Gasteiger partial charge is 0.180 e. The van der Waals surface area contributed by atoms with Gasteiger partial charge in [0.25, 0.3) is 0 Å². The molecule has 0 aromatic heterocycles. The van der Waals surface area contributed by atoms with Gasteiger partial charge in [0.1, 0.15) is 0 Å². The largest absolute Gasteiger partial charge is 0.369 e. The van der Waals surface area contributed by atoms with E-state index < -0.39 is 0 Å². The molecule has 1 aromatic carbocycles. The first kappa shape index (κ1) is 16.1. The summed E-state index contributed by atoms with van der Waals surface area (Å²) >= 11 is 11.0. The van der Waals surface area contributed by atoms with Crippen LogP contribution in [-0.4, -0.2) is 29.6 Å². The number of hydrazine groups is 1. The molecule has 6 heteroatoms. The lowest BCUT2D eigenvalue weighted by atomic mass is 10.2. The monoisotopic (exact) mass is 324 g/mol. The van der Waals surface area contributed by atoms with Crippen LogP contribution >= 0.6 is 23.8 Å². The van der Waals surface area contributed by atoms with Crippen LogP contribution in [0.1, 0.15) is 18.9 Å². The van der Waals surface area contributed by atoms with Crippen LogP contribution in [0.25, 0.3) is 0 Å². The van der Waals surface area contributed by atoms with Gasteiger partial charge in [-0.1, -0.05) is 29.8 Å². The van der Waals surface area contributed by atoms with Crippen LogP contribution in [0, 0.1) is 0 Å². The van der Waals surface area contributed by atoms with E-state index in [-0.39, 0.29) is 0 Å². The Bertz CT molecular complexity index is 501. The maximum Gasteiger partial charge on any atom is 0.180 e. The molecule has 21 heavy (non-hydrogen) atoms. The van der Waals surface area contributed by atoms with E-state index in [4.69, 9.17) is 23.8 Å². The van der Waals surface area contributed by atoms with Gasteiger partial charge in [-0.05, 0) is 43.3 Å². The summed E-state index contributed by atoms with van der Waals surface area (Å²) in [6.45, 7) is 5.54. The second kappa shape index (κ2) is 8.22. The minimum absolute atomic E-state index is 0.625. The average Bonchev–Trinajstić information content (AvgIpc) is 2.89. The van der Waals surface area contributed by atoms with Crippen molar-refractivity contribution >= 4 is 28.9 Å². The fraction of sp³-hybridized carbons (Fsp3) is 0.400. The Morgan fingerprint density at radius 2 is 2.10 bits per heavy atom. The highest BCUT2D eigenvalue weighted by Gasteiger charge is 2.14. The Balaban J connectivity index is 1.80. The zero-order valence-corrected chi connectivity index (χ0v) is 13.7. The SMILES string of the molecule is CCNC(=S)NNCC1=CCCN1Cc1ccc(Cl)cc1. The quantitative estimate of drug-likeness (QED) is 0.554. The maximum atomic E-state index is 5.92. The highest BCUT2D eigenvalue weighted by atomic mass is 35.5. The Labute approximate surface area is 136 Å². The molecule has 114 valence electrons. The van der Waals surface area contributed by atoms with E-state index in [9.17, 15) is 0 Å². The normalized spacial score (nSPS) is 14.0. The number of halogens is 1. The molecule has 0 spiro atoms. The number of benzene rings is 1. The van der Waals surface area contributed by atoms with Crippen molar-refractivity contribution in [3.8, 4) is 0 Å². The van der Waals surface area contributed by atoms with E-state index >= 15 is 0 Å². The van der Waals surface area contributed by atoms with Gasteiger partial charge in [0.2, 0.25) is 0 Å². The number of rotatable bonds is 6. The molecule has 0 unspecified atom stereocenters. The molecule has 0 saturated carbocycles. The van der Waals surface area contributed by atoms with Crippen molar-refractivity contribution in [1.29, 1.82) is 0 Å². The van der Waals surface area contributed by atoms with Crippen LogP contribution in [0.3, 0.4) is 0 Å². The first-order chi connectivity index (χ1) is 10.2. The summed E-state index contributed by atoms with van der Waals surface area (Å²) in [6, 6.07) is 8.02. The Kier molecular flexibility index (Phi) is 6.29. The third-order valence-corrected chi connectivity index (χ3v) is 3.78. The lowest BCUT2D eigenvalue weighted by molar-refractivity contribution is 0.355. The molecule has 0 atom stereocenters. The lowest BCUT2D eigenvalue weighted by Crippen LogP contribution is -2.45. The van der Waals surface area contributed by atoms with Gasteiger partial charge in [-0.15, -0.1) is 0 Å². The third-order valence-electron chi connectivity index (χ3n) is 3.28. The highest BCUT2D eigenvalue weighted by Crippen LogP contribution is 2.18. The summed E-state index contributed by atoms with van der Waals surface area (Å²) in [5.41, 5.74) is 8.70. The van der Waals surface area contributed by atoms with Gasteiger partial charge in [-0.2, -0.15) is 0 Å². The van der Waals surface area contributed by atoms with Gasteiger partial charge in [-0.3, -0.25) is 5.43 Å². The third kappa shape index (κ3) is 5.19. The predicted octanol–water partition coefficient (Wildman–Crippen LogP) is 2.42. The van der Waals surface area contributed by atoms with Crippen LogP contribution in [-0.2, 0) is 6.54 Å². The molecular formula is C15H21ClN4S. The minimum atomic E-state index is 0.625. The molecule has 0 radical (unpaired) electrons. The van der Waals surface area contributed by atoms with E-state index in [0.717, 1.165) is 37.6 Å². The summed E-state index contributed by atoms with van der Waals surface area (Å²) in [4.78, 5) is 2.37. The van der Waals surface area contributed by atoms with Crippen molar-refractivity contribution in [1.82, 2.24) is 21.1 Å². The van der Waals surface area contributed by atoms with E-state index in [2.05, 4.69) is 39.3 Å². The summed E-state index contributed by atoms with van der Waals surface area (Å²) in [5, 5.41) is 4.44. The number of hydrogen-bond donors (Lipinski definition) is 3. The first-order valence-corrected chi connectivity index (χ1v) is 7.92. The molecule has 1 heterocycles. The molecule has 0 fully saturated rings. The molecule has 1 aromatic rings. The zero-order chi connectivity index (χ0) is 15.1. The van der Waals surface area contributed by atoms with Gasteiger partial charge in [-0.25, -0.2) is 5.43 Å². The highest BCUT2D eigenvalue weighted by molar-refractivity contribution is 7.80. The fourth-order valence-electron chi connectivity index (χ4n) is 2.25. The average molecular weight is 325 g/mol. The molecule has 1 aliphatic heterocycles. The van der Waals surface area contributed by atoms with Crippen molar-refractivity contribution < 1.29 is 0 Å². The van der Waals surface area contributed by atoms with Gasteiger partial charge in [0.15, 0.2) is 5.11 Å². The Hall–Kier alpha value is -1.30. The van der Waals surface area contributed by atoms with Gasteiger partial charge < -0.3 is 10.2 Å². The van der Waals surface area contributed by atoms with Crippen LogP contribution < -0.4 is 16.2 Å². The molecule has 0 aliphatic carbocycles. The number of nitrogens with zero attached hydrogens (tertiary/aromatic N) is 1. The van der Waals surface area contributed by atoms with Crippen molar-refractivity contribution in [2.45, 2.75) is 19.9 Å². The van der Waals surface area contributed by atoms with E-state index in [1.807, 2.05) is 19.1 Å². The van der Waals surface area contributed by atoms with Crippen molar-refractivity contribution in [3.63, 3.8) is 0 Å². The van der Waals surface area contributed by atoms with Crippen LogP contribution in [0.4, 0.5) is 0 Å². The van der Waals surface area contributed by atoms with Gasteiger partial charge >= 0.3 is 0 Å². The second-order valence-electron chi connectivity index (χ2n) is 4.87. The topological polar surface area (TPSA) is 39.3 Å². The van der Waals surface area contributed by atoms with Crippen LogP contribution in [0.2, 0.25) is 5.02 Å². The zero-order valence-electron chi connectivity index (χ0n) is 12.2. The lowest BCUT2D eigenvalue weighted by Gasteiger charge is -2.23. The second-order valence-corrected chi connectivity index (χ2v) is 5.71. The Morgan fingerprint density at radius 3 is 2.81 bits per heavy atom. The summed E-state index contributed by atoms with van der Waals surface area (Å²) in [7, 11) is 0. The van der Waals surface area contributed by atoms with Gasteiger partial charge in [0.05, 0.1) is 6.54 Å². The maximum absolute atomic E-state index is 5.92. The van der Waals surface area contributed by atoms with Crippen molar-refractivity contribution in [2.75, 3.05) is 19.6 Å².